The molecule has 1 heterocycles. The van der Waals surface area contributed by atoms with Crippen LogP contribution in [0.2, 0.25) is 0 Å². The van der Waals surface area contributed by atoms with Crippen molar-refractivity contribution in [1.29, 1.82) is 0 Å². The Morgan fingerprint density at radius 1 is 1.00 bits per heavy atom. The second-order valence-corrected chi connectivity index (χ2v) is 20.1. The Morgan fingerprint density at radius 3 is 2.36 bits per heavy atom. The maximum atomic E-state index is 14.2. The fourth-order valence-corrected chi connectivity index (χ4v) is 13.4. The molecule has 0 unspecified atom stereocenters. The molecule has 0 radical (unpaired) electrons. The molecular weight excluding hydrogens is 850 g/mol. The van der Waals surface area contributed by atoms with Crippen molar-refractivity contribution in [3.63, 3.8) is 0 Å². The van der Waals surface area contributed by atoms with Gasteiger partial charge in [-0.2, -0.15) is 0 Å². The monoisotopic (exact) mass is 907 g/mol. The Balaban J connectivity index is 0.910. The number of Topliss-reactive ketones (excluding diaryl/α,β-unsaturated/α-hetero) is 1. The van der Waals surface area contributed by atoms with Crippen LogP contribution in [0.25, 0.3) is 0 Å². The summed E-state index contributed by atoms with van der Waals surface area (Å²) in [4.78, 5) is 74.8. The Morgan fingerprint density at radius 2 is 1.70 bits per heavy atom. The lowest BCUT2D eigenvalue weighted by Crippen LogP contribution is -2.64. The molecule has 8 aliphatic rings. The van der Waals surface area contributed by atoms with Crippen LogP contribution in [0.4, 0.5) is 5.69 Å². The highest BCUT2D eigenvalue weighted by molar-refractivity contribution is 9.09. The van der Waals surface area contributed by atoms with E-state index in [1.54, 1.807) is 24.3 Å². The molecule has 6 saturated carbocycles. The molecule has 15 heteroatoms. The Hall–Kier alpha value is -3.76. The second-order valence-electron chi connectivity index (χ2n) is 19.5. The number of benzene rings is 1. The zero-order valence-corrected chi connectivity index (χ0v) is 36.5. The molecule has 1 aromatic rings. The molecule has 10 atom stereocenters. The van der Waals surface area contributed by atoms with Gasteiger partial charge in [0.25, 0.3) is 0 Å². The van der Waals surface area contributed by atoms with Gasteiger partial charge in [0.2, 0.25) is 17.7 Å². The van der Waals surface area contributed by atoms with E-state index >= 15 is 0 Å². The number of aliphatic hydroxyl groups is 2. The molecule has 330 valence electrons. The fraction of sp³-hybridized carbons (Fsp3) is 0.652. The summed E-state index contributed by atoms with van der Waals surface area (Å²) in [5.41, 5.74) is -0.0521. The highest BCUT2D eigenvalue weighted by atomic mass is 79.9. The van der Waals surface area contributed by atoms with E-state index < -0.39 is 71.3 Å². The first-order valence-electron chi connectivity index (χ1n) is 21.8. The number of allylic oxidation sites excluding steroid dienone is 4. The van der Waals surface area contributed by atoms with Crippen LogP contribution in [0, 0.1) is 39.4 Å². The van der Waals surface area contributed by atoms with Crippen LogP contribution in [0.3, 0.4) is 0 Å². The molecule has 61 heavy (non-hydrogen) atoms. The van der Waals surface area contributed by atoms with E-state index in [0.29, 0.717) is 18.5 Å². The summed E-state index contributed by atoms with van der Waals surface area (Å²) in [5, 5.41) is 39.5. The molecule has 3 amide bonds. The van der Waals surface area contributed by atoms with Gasteiger partial charge in [0, 0.05) is 34.3 Å². The minimum absolute atomic E-state index is 0.0140. The molecule has 1 saturated heterocycles. The standard InChI is InChI=1S/C46H58BrN3O11/c1-42-12-11-29(52)19-27(42)5-8-30-31-20-35-46(34(54)25-51,43(31,2)22-33(53)39(30)42)61-41(60-35)45-16-13-44(14-17-45,15-18-45)21-26-3-6-28(7-4-26)49-40(59)32(9-10-38(57)58)50-37(56)24-48-36(55)23-47/h3-4,6-7,11-12,19,30-33,35,39,41,51,53H,5,8-10,13-18,20-25H2,1-2H3,(H,48,55)(H,49,59)(H,50,56)(H,57,58)/t30-,31-,32-,33-,35+,39+,41+,42-,43-,44?,45?,46+/m0/s1. The molecule has 6 N–H and O–H groups in total. The van der Waals surface area contributed by atoms with Crippen molar-refractivity contribution < 1.29 is 53.6 Å². The third-order valence-electron chi connectivity index (χ3n) is 16.4. The van der Waals surface area contributed by atoms with Crippen molar-refractivity contribution in [3.8, 4) is 0 Å². The van der Waals surface area contributed by atoms with Gasteiger partial charge in [0.15, 0.2) is 23.5 Å². The van der Waals surface area contributed by atoms with Gasteiger partial charge >= 0.3 is 5.97 Å². The Bertz CT molecular complexity index is 2010. The number of aliphatic carboxylic acids is 1. The lowest BCUT2D eigenvalue weighted by atomic mass is 9.46. The first-order chi connectivity index (χ1) is 29.0. The van der Waals surface area contributed by atoms with Gasteiger partial charge in [-0.15, -0.1) is 0 Å². The minimum Gasteiger partial charge on any atom is -0.481 e. The summed E-state index contributed by atoms with van der Waals surface area (Å²) >= 11 is 3.00. The van der Waals surface area contributed by atoms with Crippen LogP contribution < -0.4 is 16.0 Å². The number of carbonyl (C=O) groups is 6. The van der Waals surface area contributed by atoms with Crippen LogP contribution in [-0.2, 0) is 44.7 Å². The molecule has 0 aromatic heterocycles. The number of carbonyl (C=O) groups excluding carboxylic acids is 5. The summed E-state index contributed by atoms with van der Waals surface area (Å²) in [6.07, 6.45) is 11.9. The second kappa shape index (κ2) is 16.4. The van der Waals surface area contributed by atoms with Crippen LogP contribution in [-0.4, -0.2) is 99.2 Å². The smallest absolute Gasteiger partial charge is 0.303 e. The molecule has 1 aromatic carbocycles. The van der Waals surface area contributed by atoms with Gasteiger partial charge in [-0.25, -0.2) is 0 Å². The van der Waals surface area contributed by atoms with Crippen LogP contribution in [0.5, 0.6) is 0 Å². The van der Waals surface area contributed by atoms with Gasteiger partial charge < -0.3 is 40.7 Å². The SMILES string of the molecule is C[C@]12C=CC(=O)C=C1CC[C@@H]1[C@@H]2[C@@H](O)C[C@@]2(C)[C@H]1C[C@H]1O[C@@H](C34CCC(Cc5ccc(NC(=O)[C@H](CCC(=O)O)NC(=O)CNC(=O)CBr)cc5)(CC3)CC4)O[C@]12C(=O)CO. The summed E-state index contributed by atoms with van der Waals surface area (Å²) < 4.78 is 14.1. The largest absolute Gasteiger partial charge is 0.481 e. The fourth-order valence-electron chi connectivity index (χ4n) is 13.2. The van der Waals surface area contributed by atoms with Gasteiger partial charge in [0.1, 0.15) is 12.6 Å². The third-order valence-corrected chi connectivity index (χ3v) is 16.9. The third kappa shape index (κ3) is 7.53. The van der Waals surface area contributed by atoms with Crippen molar-refractivity contribution in [3.05, 3.63) is 53.6 Å². The number of rotatable bonds is 14. The minimum atomic E-state index is -1.36. The number of carboxylic acid groups (broad SMARTS) is 1. The molecule has 7 fully saturated rings. The maximum Gasteiger partial charge on any atom is 0.303 e. The van der Waals surface area contributed by atoms with Crippen molar-refractivity contribution in [1.82, 2.24) is 10.6 Å². The van der Waals surface area contributed by atoms with Crippen LogP contribution >= 0.6 is 15.9 Å². The zero-order valence-electron chi connectivity index (χ0n) is 34.9. The summed E-state index contributed by atoms with van der Waals surface area (Å²) in [7, 11) is 0. The number of carboxylic acids is 1. The van der Waals surface area contributed by atoms with Crippen molar-refractivity contribution in [2.75, 3.05) is 23.8 Å². The summed E-state index contributed by atoms with van der Waals surface area (Å²) in [6, 6.07) is 6.44. The number of anilines is 1. The van der Waals surface area contributed by atoms with E-state index in [4.69, 9.17) is 9.47 Å². The van der Waals surface area contributed by atoms with Crippen molar-refractivity contribution in [2.24, 2.45) is 39.4 Å². The number of hydrogen-bond acceptors (Lipinski definition) is 10. The molecule has 1 aliphatic heterocycles. The Kier molecular flexibility index (Phi) is 11.8. The number of ether oxygens (including phenoxy) is 2. The predicted molar refractivity (Wildman–Crippen MR) is 225 cm³/mol. The van der Waals surface area contributed by atoms with E-state index in [2.05, 4.69) is 45.7 Å². The number of alkyl halides is 1. The molecule has 9 rings (SSSR count). The van der Waals surface area contributed by atoms with Gasteiger partial charge in [-0.05, 0) is 124 Å². The first-order valence-corrected chi connectivity index (χ1v) is 23.0. The number of fused-ring (bicyclic) bond motifs is 10. The molecule has 7 aliphatic carbocycles. The number of nitrogens with one attached hydrogen (secondary N) is 3. The number of aliphatic hydroxyl groups excluding tert-OH is 2. The average Bonchev–Trinajstić information content (AvgIpc) is 3.76. The lowest BCUT2D eigenvalue weighted by molar-refractivity contribution is -0.239. The van der Waals surface area contributed by atoms with Gasteiger partial charge in [0.05, 0.1) is 24.1 Å². The normalized spacial score (nSPS) is 38.6. The lowest BCUT2D eigenvalue weighted by Gasteiger charge is -2.60. The highest BCUT2D eigenvalue weighted by Crippen LogP contribution is 2.71. The maximum absolute atomic E-state index is 14.2. The number of amides is 3. The van der Waals surface area contributed by atoms with E-state index in [1.807, 2.05) is 18.2 Å². The topological polar surface area (TPSA) is 218 Å². The quantitative estimate of drug-likeness (QED) is 0.145. The van der Waals surface area contributed by atoms with E-state index in [1.165, 1.54) is 0 Å². The molecule has 2 bridgehead atoms. The predicted octanol–water partition coefficient (Wildman–Crippen LogP) is 4.30. The average molecular weight is 909 g/mol. The molecule has 14 nitrogen and oxygen atoms in total. The van der Waals surface area contributed by atoms with Gasteiger partial charge in [-0.3, -0.25) is 28.8 Å². The zero-order chi connectivity index (χ0) is 43.5. The van der Waals surface area contributed by atoms with Crippen LogP contribution in [0.1, 0.15) is 96.5 Å². The number of hydrogen-bond donors (Lipinski definition) is 6. The molecular formula is C46H58BrN3O11. The van der Waals surface area contributed by atoms with E-state index in [9.17, 15) is 44.1 Å². The highest BCUT2D eigenvalue weighted by Gasteiger charge is 2.77. The van der Waals surface area contributed by atoms with E-state index in [0.717, 1.165) is 68.9 Å². The Labute approximate surface area is 364 Å². The van der Waals surface area contributed by atoms with Crippen LogP contribution in [0.15, 0.2) is 48.1 Å². The number of ketones is 2. The van der Waals surface area contributed by atoms with Gasteiger partial charge in [-0.1, -0.05) is 53.6 Å². The first kappa shape index (κ1) is 43.9. The number of halogens is 1. The van der Waals surface area contributed by atoms with Crippen molar-refractivity contribution in [2.45, 2.75) is 127 Å². The van der Waals surface area contributed by atoms with E-state index in [-0.39, 0.29) is 64.9 Å². The summed E-state index contributed by atoms with van der Waals surface area (Å²) in [6.45, 7) is 3.20. The molecule has 0 spiro atoms. The van der Waals surface area contributed by atoms with Crippen molar-refractivity contribution >= 4 is 56.9 Å². The summed E-state index contributed by atoms with van der Waals surface area (Å²) in [5.74, 6) is -3.02.